The van der Waals surface area contributed by atoms with Gasteiger partial charge in [0.2, 0.25) is 0 Å². The second-order valence-corrected chi connectivity index (χ2v) is 5.14. The van der Waals surface area contributed by atoms with Crippen molar-refractivity contribution < 1.29 is 4.79 Å². The third kappa shape index (κ3) is 4.92. The predicted molar refractivity (Wildman–Crippen MR) is 83.1 cm³/mol. The molecule has 0 fully saturated rings. The molecule has 0 saturated heterocycles. The Morgan fingerprint density at radius 3 is 1.68 bits per heavy atom. The van der Waals surface area contributed by atoms with Crippen LogP contribution in [-0.2, 0) is 0 Å². The maximum Gasteiger partial charge on any atom is 0.159 e. The Hall–Kier alpha value is -1.54. The van der Waals surface area contributed by atoms with Crippen LogP contribution in [0.5, 0.6) is 0 Å². The van der Waals surface area contributed by atoms with Gasteiger partial charge in [-0.2, -0.15) is 0 Å². The maximum atomic E-state index is 11.1. The monoisotopic (exact) mass is 272 g/mol. The molecule has 0 radical (unpaired) electrons. The van der Waals surface area contributed by atoms with Crippen LogP contribution in [0.2, 0.25) is 0 Å². The van der Waals surface area contributed by atoms with Gasteiger partial charge in [0, 0.05) is 15.4 Å². The van der Waals surface area contributed by atoms with Crippen molar-refractivity contribution in [2.75, 3.05) is 0 Å². The van der Waals surface area contributed by atoms with Gasteiger partial charge in [0.1, 0.15) is 0 Å². The minimum absolute atomic E-state index is 0.108. The van der Waals surface area contributed by atoms with Gasteiger partial charge in [0.05, 0.1) is 0 Å². The fourth-order valence-electron chi connectivity index (χ4n) is 1.50. The molecular formula is C17H20OS. The van der Waals surface area contributed by atoms with Crippen LogP contribution in [0.15, 0.2) is 58.3 Å². The summed E-state index contributed by atoms with van der Waals surface area (Å²) in [4.78, 5) is 13.5. The van der Waals surface area contributed by atoms with Crippen molar-refractivity contribution in [1.82, 2.24) is 0 Å². The molecule has 0 aromatic heterocycles. The van der Waals surface area contributed by atoms with Gasteiger partial charge in [0.15, 0.2) is 5.78 Å². The number of carbonyl (C=O) groups excluding carboxylic acids is 1. The van der Waals surface area contributed by atoms with Gasteiger partial charge in [-0.05, 0) is 38.1 Å². The Bertz CT molecular complexity index is 512. The molecule has 1 nitrogen and oxygen atoms in total. The number of benzene rings is 2. The topological polar surface area (TPSA) is 17.1 Å². The van der Waals surface area contributed by atoms with Crippen molar-refractivity contribution in [1.29, 1.82) is 0 Å². The van der Waals surface area contributed by atoms with E-state index < -0.39 is 0 Å². The predicted octanol–water partition coefficient (Wildman–Crippen LogP) is 5.38. The summed E-state index contributed by atoms with van der Waals surface area (Å²) in [7, 11) is 0. The molecule has 2 aromatic rings. The summed E-state index contributed by atoms with van der Waals surface area (Å²) in [5.41, 5.74) is 2.03. The molecule has 0 aliphatic carbocycles. The zero-order valence-electron chi connectivity index (χ0n) is 11.9. The summed E-state index contributed by atoms with van der Waals surface area (Å²) < 4.78 is 0. The van der Waals surface area contributed by atoms with Crippen LogP contribution in [0.4, 0.5) is 0 Å². The Balaban J connectivity index is 0.000000861. The Labute approximate surface area is 120 Å². The van der Waals surface area contributed by atoms with E-state index >= 15 is 0 Å². The van der Waals surface area contributed by atoms with Gasteiger partial charge in [-0.25, -0.2) is 0 Å². The number of rotatable bonds is 3. The van der Waals surface area contributed by atoms with Crippen LogP contribution in [0, 0.1) is 6.92 Å². The normalized spacial score (nSPS) is 9.47. The lowest BCUT2D eigenvalue weighted by Gasteiger charge is -2.03. The van der Waals surface area contributed by atoms with Crippen LogP contribution in [0.1, 0.15) is 36.7 Å². The second kappa shape index (κ2) is 7.80. The zero-order chi connectivity index (χ0) is 14.3. The summed E-state index contributed by atoms with van der Waals surface area (Å²) in [6, 6.07) is 16.1. The Kier molecular flexibility index (Phi) is 6.37. The third-order valence-electron chi connectivity index (χ3n) is 2.52. The summed E-state index contributed by atoms with van der Waals surface area (Å²) in [6.45, 7) is 7.66. The number of carbonyl (C=O) groups is 1. The fraction of sp³-hybridized carbons (Fsp3) is 0.235. The van der Waals surface area contributed by atoms with Gasteiger partial charge in [0.25, 0.3) is 0 Å². The molecule has 2 aromatic carbocycles. The van der Waals surface area contributed by atoms with E-state index in [-0.39, 0.29) is 5.78 Å². The fourth-order valence-corrected chi connectivity index (χ4v) is 2.32. The van der Waals surface area contributed by atoms with E-state index in [2.05, 4.69) is 31.2 Å². The second-order valence-electron chi connectivity index (χ2n) is 4.00. The molecule has 0 aliphatic rings. The molecule has 0 atom stereocenters. The highest BCUT2D eigenvalue weighted by molar-refractivity contribution is 7.99. The minimum Gasteiger partial charge on any atom is -0.295 e. The Morgan fingerprint density at radius 1 is 0.842 bits per heavy atom. The molecule has 0 unspecified atom stereocenters. The minimum atomic E-state index is 0.108. The van der Waals surface area contributed by atoms with Crippen molar-refractivity contribution in [3.63, 3.8) is 0 Å². The largest absolute Gasteiger partial charge is 0.295 e. The molecule has 0 saturated carbocycles. The molecule has 2 rings (SSSR count). The van der Waals surface area contributed by atoms with Crippen molar-refractivity contribution in [3.8, 4) is 0 Å². The molecule has 2 heteroatoms. The number of aryl methyl sites for hydroxylation is 1. The van der Waals surface area contributed by atoms with Gasteiger partial charge < -0.3 is 0 Å². The smallest absolute Gasteiger partial charge is 0.159 e. The van der Waals surface area contributed by atoms with E-state index in [0.29, 0.717) is 0 Å². The molecule has 0 N–H and O–H groups in total. The molecule has 0 spiro atoms. The highest BCUT2D eigenvalue weighted by Gasteiger charge is 2.00. The van der Waals surface area contributed by atoms with E-state index in [4.69, 9.17) is 0 Å². The lowest BCUT2D eigenvalue weighted by Crippen LogP contribution is -1.90. The first-order chi connectivity index (χ1) is 9.15. The number of hydrogen-bond acceptors (Lipinski definition) is 2. The van der Waals surface area contributed by atoms with E-state index in [1.165, 1.54) is 10.5 Å². The molecular weight excluding hydrogens is 252 g/mol. The van der Waals surface area contributed by atoms with Crippen molar-refractivity contribution in [2.24, 2.45) is 0 Å². The highest BCUT2D eigenvalue weighted by Crippen LogP contribution is 2.27. The van der Waals surface area contributed by atoms with Crippen LogP contribution in [0.3, 0.4) is 0 Å². The van der Waals surface area contributed by atoms with E-state index in [9.17, 15) is 4.79 Å². The first kappa shape index (κ1) is 15.5. The summed E-state index contributed by atoms with van der Waals surface area (Å²) in [5, 5.41) is 0. The highest BCUT2D eigenvalue weighted by atomic mass is 32.2. The molecule has 19 heavy (non-hydrogen) atoms. The zero-order valence-corrected chi connectivity index (χ0v) is 12.8. The van der Waals surface area contributed by atoms with Gasteiger partial charge in [-0.1, -0.05) is 55.4 Å². The van der Waals surface area contributed by atoms with E-state index in [0.717, 1.165) is 10.5 Å². The van der Waals surface area contributed by atoms with Crippen LogP contribution in [0.25, 0.3) is 0 Å². The molecule has 100 valence electrons. The molecule has 0 aliphatic heterocycles. The molecule has 0 bridgehead atoms. The van der Waals surface area contributed by atoms with Crippen LogP contribution < -0.4 is 0 Å². The summed E-state index contributed by atoms with van der Waals surface area (Å²) in [6.07, 6.45) is 0. The standard InChI is InChI=1S/C15H14OS.C2H6/c1-11-3-7-14(8-4-11)17-15-9-5-13(6-10-15)12(2)16;1-2/h3-10H,1-2H3;1-2H3. The number of Topliss-reactive ketones (excluding diaryl/α,β-unsaturated/α-hetero) is 1. The van der Waals surface area contributed by atoms with Crippen molar-refractivity contribution >= 4 is 17.5 Å². The van der Waals surface area contributed by atoms with E-state index in [1.807, 2.05) is 38.1 Å². The summed E-state index contributed by atoms with van der Waals surface area (Å²) in [5.74, 6) is 0.108. The van der Waals surface area contributed by atoms with Crippen LogP contribution in [-0.4, -0.2) is 5.78 Å². The van der Waals surface area contributed by atoms with E-state index in [1.54, 1.807) is 18.7 Å². The maximum absolute atomic E-state index is 11.1. The third-order valence-corrected chi connectivity index (χ3v) is 3.53. The lowest BCUT2D eigenvalue weighted by atomic mass is 10.2. The van der Waals surface area contributed by atoms with Crippen LogP contribution >= 0.6 is 11.8 Å². The van der Waals surface area contributed by atoms with Crippen molar-refractivity contribution in [2.45, 2.75) is 37.5 Å². The average Bonchev–Trinajstić information content (AvgIpc) is 2.44. The Morgan fingerprint density at radius 2 is 1.26 bits per heavy atom. The van der Waals surface area contributed by atoms with Gasteiger partial charge >= 0.3 is 0 Å². The lowest BCUT2D eigenvalue weighted by molar-refractivity contribution is 0.101. The number of hydrogen-bond donors (Lipinski definition) is 0. The molecule has 0 amide bonds. The molecule has 0 heterocycles. The van der Waals surface area contributed by atoms with Crippen molar-refractivity contribution in [3.05, 3.63) is 59.7 Å². The quantitative estimate of drug-likeness (QED) is 0.698. The number of ketones is 1. The summed E-state index contributed by atoms with van der Waals surface area (Å²) >= 11 is 1.71. The first-order valence-corrected chi connectivity index (χ1v) is 7.32. The van der Waals surface area contributed by atoms with Gasteiger partial charge in [-0.3, -0.25) is 4.79 Å². The first-order valence-electron chi connectivity index (χ1n) is 6.51. The van der Waals surface area contributed by atoms with Gasteiger partial charge in [-0.15, -0.1) is 0 Å². The SMILES string of the molecule is CC.CC(=O)c1ccc(Sc2ccc(C)cc2)cc1. The average molecular weight is 272 g/mol.